The second kappa shape index (κ2) is 9.35. The van der Waals surface area contributed by atoms with Crippen LogP contribution in [0.5, 0.6) is 0 Å². The number of unbranched alkanes of at least 4 members (excludes halogenated alkanes) is 2. The summed E-state index contributed by atoms with van der Waals surface area (Å²) < 4.78 is 27.4. The van der Waals surface area contributed by atoms with Crippen molar-refractivity contribution in [3.63, 3.8) is 0 Å². The van der Waals surface area contributed by atoms with Crippen LogP contribution < -0.4 is 10.0 Å². The van der Waals surface area contributed by atoms with Gasteiger partial charge < -0.3 is 10.4 Å². The minimum Gasteiger partial charge on any atom is -0.478 e. The van der Waals surface area contributed by atoms with Gasteiger partial charge in [0, 0.05) is 18.8 Å². The Balaban J connectivity index is 2.15. The molecule has 0 aliphatic heterocycles. The molecule has 2 aromatic carbocycles. The Labute approximate surface area is 154 Å². The van der Waals surface area contributed by atoms with Crippen LogP contribution in [0.1, 0.15) is 42.1 Å². The van der Waals surface area contributed by atoms with Gasteiger partial charge in [-0.1, -0.05) is 50.1 Å². The van der Waals surface area contributed by atoms with Crippen LogP contribution in [0.3, 0.4) is 0 Å². The van der Waals surface area contributed by atoms with Crippen LogP contribution in [0.2, 0.25) is 0 Å². The Hall–Kier alpha value is -2.38. The van der Waals surface area contributed by atoms with Gasteiger partial charge in [-0.3, -0.25) is 0 Å². The molecule has 0 fully saturated rings. The fourth-order valence-corrected chi connectivity index (χ4v) is 3.52. The Morgan fingerprint density at radius 1 is 1.08 bits per heavy atom. The van der Waals surface area contributed by atoms with Crippen LogP contribution in [0.4, 0.5) is 5.69 Å². The molecular weight excluding hydrogens is 352 g/mol. The van der Waals surface area contributed by atoms with Crippen LogP contribution in [-0.2, 0) is 16.6 Å². The number of sulfonamides is 1. The zero-order chi connectivity index (χ0) is 19.0. The van der Waals surface area contributed by atoms with Gasteiger partial charge >= 0.3 is 5.97 Å². The van der Waals surface area contributed by atoms with Gasteiger partial charge in [-0.25, -0.2) is 17.9 Å². The van der Waals surface area contributed by atoms with Crippen molar-refractivity contribution in [1.82, 2.24) is 4.72 Å². The molecule has 0 bridgehead atoms. The highest BCUT2D eigenvalue weighted by molar-refractivity contribution is 7.89. The van der Waals surface area contributed by atoms with Crippen molar-refractivity contribution in [2.45, 2.75) is 37.6 Å². The number of carbonyl (C=O) groups is 1. The van der Waals surface area contributed by atoms with Crippen molar-refractivity contribution >= 4 is 21.7 Å². The molecule has 0 unspecified atom stereocenters. The third-order valence-corrected chi connectivity index (χ3v) is 5.34. The number of carboxylic acids is 1. The Morgan fingerprint density at radius 2 is 1.81 bits per heavy atom. The fraction of sp³-hybridized carbons (Fsp3) is 0.316. The first-order valence-corrected chi connectivity index (χ1v) is 10.1. The molecule has 140 valence electrons. The molecule has 0 atom stereocenters. The predicted octanol–water partition coefficient (Wildman–Crippen LogP) is 3.47. The minimum atomic E-state index is -3.80. The minimum absolute atomic E-state index is 0.0518. The van der Waals surface area contributed by atoms with Gasteiger partial charge in [-0.05, 0) is 30.2 Å². The molecule has 7 heteroatoms. The molecule has 6 nitrogen and oxygen atoms in total. The summed E-state index contributed by atoms with van der Waals surface area (Å²) in [6.07, 6.45) is 3.04. The number of nitrogens with one attached hydrogen (secondary N) is 2. The van der Waals surface area contributed by atoms with E-state index in [4.69, 9.17) is 0 Å². The molecule has 2 rings (SSSR count). The van der Waals surface area contributed by atoms with E-state index in [1.54, 1.807) is 0 Å². The van der Waals surface area contributed by atoms with Crippen molar-refractivity contribution in [2.75, 3.05) is 11.9 Å². The number of benzene rings is 2. The largest absolute Gasteiger partial charge is 0.478 e. The first-order chi connectivity index (χ1) is 12.4. The van der Waals surface area contributed by atoms with Crippen LogP contribution in [0, 0.1) is 0 Å². The van der Waals surface area contributed by atoms with Crippen LogP contribution >= 0.6 is 0 Å². The van der Waals surface area contributed by atoms with Crippen LogP contribution in [-0.4, -0.2) is 26.0 Å². The first kappa shape index (κ1) is 19.9. The number of aromatic carboxylic acids is 1. The molecule has 0 radical (unpaired) electrons. The second-order valence-electron chi connectivity index (χ2n) is 5.96. The number of carboxylic acid groups (broad SMARTS) is 1. The van der Waals surface area contributed by atoms with Crippen LogP contribution in [0.15, 0.2) is 53.4 Å². The quantitative estimate of drug-likeness (QED) is 0.552. The number of hydrogen-bond donors (Lipinski definition) is 3. The molecular formula is C19H24N2O4S. The molecule has 26 heavy (non-hydrogen) atoms. The lowest BCUT2D eigenvalue weighted by molar-refractivity contribution is 0.0697. The van der Waals surface area contributed by atoms with E-state index in [1.165, 1.54) is 18.2 Å². The Morgan fingerprint density at radius 3 is 2.46 bits per heavy atom. The van der Waals surface area contributed by atoms with E-state index in [9.17, 15) is 18.3 Å². The lowest BCUT2D eigenvalue weighted by atomic mass is 10.1. The van der Waals surface area contributed by atoms with Crippen molar-refractivity contribution in [3.8, 4) is 0 Å². The maximum atomic E-state index is 12.5. The summed E-state index contributed by atoms with van der Waals surface area (Å²) in [6.45, 7) is 2.87. The zero-order valence-electron chi connectivity index (χ0n) is 14.7. The van der Waals surface area contributed by atoms with E-state index in [2.05, 4.69) is 17.0 Å². The third-order valence-electron chi connectivity index (χ3n) is 3.94. The number of rotatable bonds is 10. The topological polar surface area (TPSA) is 95.5 Å². The Kier molecular flexibility index (Phi) is 7.17. The summed E-state index contributed by atoms with van der Waals surface area (Å²) in [5.41, 5.74) is 1.20. The highest BCUT2D eigenvalue weighted by atomic mass is 32.2. The van der Waals surface area contributed by atoms with Gasteiger partial charge in [0.05, 0.1) is 10.5 Å². The standard InChI is InChI=1S/C19H24N2O4S/c1-2-3-7-12-20-18-11-10-16(13-17(18)19(22)23)26(24,25)21-14-15-8-5-4-6-9-15/h4-6,8-11,13,20-21H,2-3,7,12,14H2,1H3,(H,22,23). The first-order valence-electron chi connectivity index (χ1n) is 8.59. The van der Waals surface area contributed by atoms with E-state index >= 15 is 0 Å². The molecule has 0 aliphatic carbocycles. The predicted molar refractivity (Wildman–Crippen MR) is 102 cm³/mol. The summed E-state index contributed by atoms with van der Waals surface area (Å²) >= 11 is 0. The van der Waals surface area contributed by atoms with E-state index in [0.29, 0.717) is 12.2 Å². The smallest absolute Gasteiger partial charge is 0.337 e. The third kappa shape index (κ3) is 5.57. The van der Waals surface area contributed by atoms with Gasteiger partial charge in [0.25, 0.3) is 0 Å². The number of hydrogen-bond acceptors (Lipinski definition) is 4. The summed E-state index contributed by atoms with van der Waals surface area (Å²) in [7, 11) is -3.80. The molecule has 0 spiro atoms. The monoisotopic (exact) mass is 376 g/mol. The lowest BCUT2D eigenvalue weighted by Crippen LogP contribution is -2.23. The van der Waals surface area contributed by atoms with Crippen molar-refractivity contribution < 1.29 is 18.3 Å². The normalized spacial score (nSPS) is 11.3. The Bertz CT molecular complexity index is 836. The zero-order valence-corrected chi connectivity index (χ0v) is 15.6. The van der Waals surface area contributed by atoms with E-state index in [-0.39, 0.29) is 17.0 Å². The van der Waals surface area contributed by atoms with E-state index in [1.807, 2.05) is 30.3 Å². The molecule has 0 saturated carbocycles. The highest BCUT2D eigenvalue weighted by Gasteiger charge is 2.18. The van der Waals surface area contributed by atoms with Crippen LogP contribution in [0.25, 0.3) is 0 Å². The van der Waals surface area contributed by atoms with Crippen molar-refractivity contribution in [3.05, 3.63) is 59.7 Å². The fourth-order valence-electron chi connectivity index (χ4n) is 2.48. The van der Waals surface area contributed by atoms with Gasteiger partial charge in [-0.15, -0.1) is 0 Å². The van der Waals surface area contributed by atoms with Crippen molar-refractivity contribution in [2.24, 2.45) is 0 Å². The summed E-state index contributed by atoms with van der Waals surface area (Å²) in [6, 6.07) is 13.2. The molecule has 0 aromatic heterocycles. The molecule has 2 aromatic rings. The van der Waals surface area contributed by atoms with Gasteiger partial charge in [0.2, 0.25) is 10.0 Å². The lowest BCUT2D eigenvalue weighted by Gasteiger charge is -2.12. The average Bonchev–Trinajstić information content (AvgIpc) is 2.64. The maximum Gasteiger partial charge on any atom is 0.337 e. The van der Waals surface area contributed by atoms with E-state index < -0.39 is 16.0 Å². The SMILES string of the molecule is CCCCCNc1ccc(S(=O)(=O)NCc2ccccc2)cc1C(=O)O. The summed E-state index contributed by atoms with van der Waals surface area (Å²) in [5, 5.41) is 12.5. The molecule has 0 saturated heterocycles. The number of anilines is 1. The van der Waals surface area contributed by atoms with E-state index in [0.717, 1.165) is 24.8 Å². The van der Waals surface area contributed by atoms with Gasteiger partial charge in [-0.2, -0.15) is 0 Å². The van der Waals surface area contributed by atoms with Gasteiger partial charge in [0.15, 0.2) is 0 Å². The maximum absolute atomic E-state index is 12.5. The van der Waals surface area contributed by atoms with Gasteiger partial charge in [0.1, 0.15) is 0 Å². The average molecular weight is 376 g/mol. The molecule has 0 heterocycles. The summed E-state index contributed by atoms with van der Waals surface area (Å²) in [4.78, 5) is 11.4. The highest BCUT2D eigenvalue weighted by Crippen LogP contribution is 2.21. The van der Waals surface area contributed by atoms with Crippen molar-refractivity contribution in [1.29, 1.82) is 0 Å². The second-order valence-corrected chi connectivity index (χ2v) is 7.72. The summed E-state index contributed by atoms with van der Waals surface area (Å²) in [5.74, 6) is -1.16. The molecule has 0 aliphatic rings. The molecule has 3 N–H and O–H groups in total. The molecule has 0 amide bonds.